The van der Waals surface area contributed by atoms with Crippen LogP contribution in [0.1, 0.15) is 47.9 Å². The normalized spacial score (nSPS) is 16.0. The molecule has 0 saturated heterocycles. The molecule has 0 fully saturated rings. The monoisotopic (exact) mass is 398 g/mol. The van der Waals surface area contributed by atoms with Crippen molar-refractivity contribution >= 4 is 0 Å². The van der Waals surface area contributed by atoms with E-state index in [-0.39, 0.29) is 23.1 Å². The van der Waals surface area contributed by atoms with E-state index < -0.39 is 11.6 Å². The van der Waals surface area contributed by atoms with Gasteiger partial charge in [-0.15, -0.1) is 0 Å². The smallest absolute Gasteiger partial charge is 0.134 e. The highest BCUT2D eigenvalue weighted by atomic mass is 19.1. The molecule has 4 rings (SSSR count). The first-order valence-electron chi connectivity index (χ1n) is 10.0. The van der Waals surface area contributed by atoms with Gasteiger partial charge in [0, 0.05) is 11.1 Å². The van der Waals surface area contributed by atoms with Crippen LogP contribution in [-0.4, -0.2) is 0 Å². The summed E-state index contributed by atoms with van der Waals surface area (Å²) in [6.45, 7) is 1.97. The lowest BCUT2D eigenvalue weighted by atomic mass is 9.78. The maximum Gasteiger partial charge on any atom is 0.134 e. The molecule has 0 aromatic heterocycles. The zero-order valence-corrected chi connectivity index (χ0v) is 16.2. The topological polar surface area (TPSA) is 0 Å². The SMILES string of the molecule is CCCc1cc(F)c(C2CCc3c(ccc(-c4ccc(F)cc4)c3F)C2)c(F)c1. The van der Waals surface area contributed by atoms with Gasteiger partial charge >= 0.3 is 0 Å². The average molecular weight is 398 g/mol. The van der Waals surface area contributed by atoms with Gasteiger partial charge in [0.25, 0.3) is 0 Å². The number of rotatable bonds is 4. The van der Waals surface area contributed by atoms with Crippen molar-refractivity contribution in [1.82, 2.24) is 0 Å². The van der Waals surface area contributed by atoms with Gasteiger partial charge in [0.15, 0.2) is 0 Å². The Hall–Kier alpha value is -2.62. The molecule has 0 amide bonds. The highest BCUT2D eigenvalue weighted by molar-refractivity contribution is 5.66. The quantitative estimate of drug-likeness (QED) is 0.410. The van der Waals surface area contributed by atoms with Crippen LogP contribution in [0, 0.1) is 23.3 Å². The lowest BCUT2D eigenvalue weighted by Crippen LogP contribution is -2.17. The predicted octanol–water partition coefficient (Wildman–Crippen LogP) is 7.14. The van der Waals surface area contributed by atoms with E-state index in [0.717, 1.165) is 12.0 Å². The first kappa shape index (κ1) is 19.7. The molecule has 0 nitrogen and oxygen atoms in total. The molecule has 1 aliphatic carbocycles. The zero-order valence-electron chi connectivity index (χ0n) is 16.2. The second-order valence-corrected chi connectivity index (χ2v) is 7.73. The van der Waals surface area contributed by atoms with Gasteiger partial charge in [-0.25, -0.2) is 17.6 Å². The molecule has 0 N–H and O–H groups in total. The summed E-state index contributed by atoms with van der Waals surface area (Å²) < 4.78 is 57.6. The summed E-state index contributed by atoms with van der Waals surface area (Å²) in [5, 5.41) is 0. The summed E-state index contributed by atoms with van der Waals surface area (Å²) in [5.74, 6) is -2.03. The van der Waals surface area contributed by atoms with Crippen molar-refractivity contribution < 1.29 is 17.6 Å². The molecular formula is C25H22F4. The molecule has 150 valence electrons. The molecule has 4 heteroatoms. The summed E-state index contributed by atoms with van der Waals surface area (Å²) in [6.07, 6.45) is 2.76. The lowest BCUT2D eigenvalue weighted by molar-refractivity contribution is 0.481. The molecule has 0 heterocycles. The van der Waals surface area contributed by atoms with Gasteiger partial charge in [-0.3, -0.25) is 0 Å². The summed E-state index contributed by atoms with van der Waals surface area (Å²) in [5.41, 5.74) is 3.17. The largest absolute Gasteiger partial charge is 0.207 e. The van der Waals surface area contributed by atoms with Crippen LogP contribution >= 0.6 is 0 Å². The highest BCUT2D eigenvalue weighted by Gasteiger charge is 2.28. The molecule has 29 heavy (non-hydrogen) atoms. The van der Waals surface area contributed by atoms with Crippen LogP contribution in [0.2, 0.25) is 0 Å². The minimum Gasteiger partial charge on any atom is -0.207 e. The maximum absolute atomic E-state index is 15.1. The Morgan fingerprint density at radius 1 is 0.897 bits per heavy atom. The average Bonchev–Trinajstić information content (AvgIpc) is 2.69. The Morgan fingerprint density at radius 3 is 2.24 bits per heavy atom. The van der Waals surface area contributed by atoms with E-state index in [1.54, 1.807) is 18.2 Å². The fraction of sp³-hybridized carbons (Fsp3) is 0.280. The minimum atomic E-state index is -0.509. The van der Waals surface area contributed by atoms with E-state index >= 15 is 4.39 Å². The molecule has 0 bridgehead atoms. The van der Waals surface area contributed by atoms with Gasteiger partial charge in [0.05, 0.1) is 0 Å². The first-order valence-corrected chi connectivity index (χ1v) is 10.0. The second kappa shape index (κ2) is 8.02. The summed E-state index contributed by atoms with van der Waals surface area (Å²) in [6, 6.07) is 12.1. The minimum absolute atomic E-state index is 0.110. The second-order valence-electron chi connectivity index (χ2n) is 7.73. The standard InChI is InChI=1S/C25H22F4/c1-2-3-15-12-22(27)24(23(28)13-15)18-7-11-21-17(14-18)6-10-20(25(21)29)16-4-8-19(26)9-5-16/h4-6,8-10,12-13,18H,2-3,7,11,14H2,1H3. The van der Waals surface area contributed by atoms with Gasteiger partial charge in [-0.05, 0) is 78.1 Å². The number of hydrogen-bond donors (Lipinski definition) is 0. The molecule has 1 atom stereocenters. The molecule has 0 spiro atoms. The first-order chi connectivity index (χ1) is 14.0. The summed E-state index contributed by atoms with van der Waals surface area (Å²) in [4.78, 5) is 0. The van der Waals surface area contributed by atoms with E-state index in [4.69, 9.17) is 0 Å². The molecular weight excluding hydrogens is 376 g/mol. The molecule has 1 aliphatic rings. The van der Waals surface area contributed by atoms with E-state index in [0.29, 0.717) is 47.9 Å². The van der Waals surface area contributed by atoms with Gasteiger partial charge < -0.3 is 0 Å². The molecule has 3 aromatic carbocycles. The Labute approximate surface area is 168 Å². The number of hydrogen-bond acceptors (Lipinski definition) is 0. The summed E-state index contributed by atoms with van der Waals surface area (Å²) >= 11 is 0. The highest BCUT2D eigenvalue weighted by Crippen LogP contribution is 2.39. The van der Waals surface area contributed by atoms with Gasteiger partial charge in [0.1, 0.15) is 23.3 Å². The van der Waals surface area contributed by atoms with E-state index in [1.807, 2.05) is 13.0 Å². The molecule has 1 unspecified atom stereocenters. The Morgan fingerprint density at radius 2 is 1.59 bits per heavy atom. The van der Waals surface area contributed by atoms with Crippen LogP contribution in [0.5, 0.6) is 0 Å². The van der Waals surface area contributed by atoms with Crippen LogP contribution in [-0.2, 0) is 19.3 Å². The van der Waals surface area contributed by atoms with Gasteiger partial charge in [0.2, 0.25) is 0 Å². The number of fused-ring (bicyclic) bond motifs is 1. The van der Waals surface area contributed by atoms with Crippen molar-refractivity contribution in [2.75, 3.05) is 0 Å². The lowest BCUT2D eigenvalue weighted by Gasteiger charge is -2.27. The van der Waals surface area contributed by atoms with Crippen LogP contribution in [0.4, 0.5) is 17.6 Å². The van der Waals surface area contributed by atoms with E-state index in [9.17, 15) is 13.2 Å². The molecule has 0 radical (unpaired) electrons. The molecule has 3 aromatic rings. The van der Waals surface area contributed by atoms with Gasteiger partial charge in [-0.2, -0.15) is 0 Å². The Kier molecular flexibility index (Phi) is 5.44. The van der Waals surface area contributed by atoms with Crippen molar-refractivity contribution in [2.24, 2.45) is 0 Å². The predicted molar refractivity (Wildman–Crippen MR) is 107 cm³/mol. The zero-order chi connectivity index (χ0) is 20.5. The Balaban J connectivity index is 1.65. The third-order valence-corrected chi connectivity index (χ3v) is 5.79. The van der Waals surface area contributed by atoms with Crippen molar-refractivity contribution in [3.63, 3.8) is 0 Å². The summed E-state index contributed by atoms with van der Waals surface area (Å²) in [7, 11) is 0. The van der Waals surface area contributed by atoms with Crippen molar-refractivity contribution in [1.29, 1.82) is 0 Å². The van der Waals surface area contributed by atoms with Crippen molar-refractivity contribution in [3.8, 4) is 11.1 Å². The van der Waals surface area contributed by atoms with Crippen LogP contribution in [0.15, 0.2) is 48.5 Å². The van der Waals surface area contributed by atoms with E-state index in [2.05, 4.69) is 0 Å². The van der Waals surface area contributed by atoms with Crippen molar-refractivity contribution in [2.45, 2.75) is 44.9 Å². The number of aryl methyl sites for hydroxylation is 1. The third-order valence-electron chi connectivity index (χ3n) is 5.79. The van der Waals surface area contributed by atoms with Crippen LogP contribution < -0.4 is 0 Å². The fourth-order valence-electron chi connectivity index (χ4n) is 4.37. The van der Waals surface area contributed by atoms with Gasteiger partial charge in [-0.1, -0.05) is 37.6 Å². The van der Waals surface area contributed by atoms with Crippen molar-refractivity contribution in [3.05, 3.63) is 94.1 Å². The van der Waals surface area contributed by atoms with Crippen LogP contribution in [0.25, 0.3) is 11.1 Å². The van der Waals surface area contributed by atoms with E-state index in [1.165, 1.54) is 24.3 Å². The van der Waals surface area contributed by atoms with Crippen LogP contribution in [0.3, 0.4) is 0 Å². The fourth-order valence-corrected chi connectivity index (χ4v) is 4.37. The number of halogens is 4. The number of benzene rings is 3. The maximum atomic E-state index is 15.1. The third kappa shape index (κ3) is 3.81. The Bertz CT molecular complexity index is 1010. The molecule has 0 saturated carbocycles. The molecule has 0 aliphatic heterocycles.